The van der Waals surface area contributed by atoms with Gasteiger partial charge in [0.15, 0.2) is 6.61 Å². The van der Waals surface area contributed by atoms with E-state index in [2.05, 4.69) is 37.5 Å². The average Bonchev–Trinajstić information content (AvgIpc) is 3.05. The van der Waals surface area contributed by atoms with E-state index in [0.29, 0.717) is 12.4 Å². The van der Waals surface area contributed by atoms with Gasteiger partial charge in [-0.1, -0.05) is 32.9 Å². The summed E-state index contributed by atoms with van der Waals surface area (Å²) in [5.41, 5.74) is 2.46. The second-order valence-corrected chi connectivity index (χ2v) is 7.89. The Morgan fingerprint density at radius 3 is 2.39 bits per heavy atom. The van der Waals surface area contributed by atoms with Gasteiger partial charge in [0.25, 0.3) is 0 Å². The number of nitrogens with zero attached hydrogens (tertiary/aromatic N) is 1. The highest BCUT2D eigenvalue weighted by molar-refractivity contribution is 5.81. The maximum atomic E-state index is 10.7. The molecule has 28 heavy (non-hydrogen) atoms. The molecular formula is C23H27NO4. The fourth-order valence-electron chi connectivity index (χ4n) is 3.07. The number of aryl methyl sites for hydroxylation is 1. The molecule has 1 N–H and O–H groups in total. The summed E-state index contributed by atoms with van der Waals surface area (Å²) in [6.07, 6.45) is 2.90. The summed E-state index contributed by atoms with van der Waals surface area (Å²) >= 11 is 0. The van der Waals surface area contributed by atoms with E-state index in [1.807, 2.05) is 36.5 Å². The molecule has 2 aromatic carbocycles. The normalized spacial score (nSPS) is 11.5. The minimum absolute atomic E-state index is 0.140. The zero-order valence-corrected chi connectivity index (χ0v) is 16.6. The lowest BCUT2D eigenvalue weighted by atomic mass is 9.87. The Labute approximate surface area is 165 Å². The van der Waals surface area contributed by atoms with E-state index < -0.39 is 5.97 Å². The Morgan fingerprint density at radius 1 is 1.00 bits per heavy atom. The summed E-state index contributed by atoms with van der Waals surface area (Å²) < 4.78 is 13.3. The van der Waals surface area contributed by atoms with Crippen molar-refractivity contribution in [1.29, 1.82) is 0 Å². The van der Waals surface area contributed by atoms with Crippen LogP contribution in [0.5, 0.6) is 11.5 Å². The molecule has 3 aromatic rings. The number of carbonyl (C=O) groups is 1. The predicted octanol–water partition coefficient (Wildman–Crippen LogP) is 4.87. The number of hydrogen-bond acceptors (Lipinski definition) is 3. The molecule has 3 rings (SSSR count). The molecule has 0 atom stereocenters. The van der Waals surface area contributed by atoms with Gasteiger partial charge in [-0.25, -0.2) is 4.79 Å². The Morgan fingerprint density at radius 2 is 1.71 bits per heavy atom. The fraction of sp³-hybridized carbons (Fsp3) is 0.348. The van der Waals surface area contributed by atoms with Crippen molar-refractivity contribution in [3.05, 3.63) is 60.3 Å². The molecule has 0 amide bonds. The second-order valence-electron chi connectivity index (χ2n) is 7.89. The van der Waals surface area contributed by atoms with Crippen LogP contribution >= 0.6 is 0 Å². The minimum Gasteiger partial charge on any atom is -0.494 e. The monoisotopic (exact) mass is 381 g/mol. The molecule has 0 aliphatic carbocycles. The van der Waals surface area contributed by atoms with Gasteiger partial charge < -0.3 is 19.1 Å². The van der Waals surface area contributed by atoms with Gasteiger partial charge in [-0.3, -0.25) is 0 Å². The van der Waals surface area contributed by atoms with Crippen molar-refractivity contribution in [3.63, 3.8) is 0 Å². The molecule has 0 aliphatic rings. The van der Waals surface area contributed by atoms with Crippen molar-refractivity contribution >= 4 is 16.9 Å². The quantitative estimate of drug-likeness (QED) is 0.566. The zero-order chi connectivity index (χ0) is 20.1. The molecule has 5 heteroatoms. The SMILES string of the molecule is CC(C)(C)c1ccc(OCCCn2ccc3ccc(OCC(=O)O)cc32)cc1. The number of rotatable bonds is 8. The van der Waals surface area contributed by atoms with E-state index in [-0.39, 0.29) is 12.0 Å². The third kappa shape index (κ3) is 5.06. The number of aliphatic carboxylic acids is 1. The molecule has 148 valence electrons. The van der Waals surface area contributed by atoms with Gasteiger partial charge in [-0.05, 0) is 53.1 Å². The van der Waals surface area contributed by atoms with Crippen LogP contribution in [0.1, 0.15) is 32.8 Å². The number of ether oxygens (including phenoxy) is 2. The second kappa shape index (κ2) is 8.38. The molecule has 0 saturated carbocycles. The van der Waals surface area contributed by atoms with Crippen LogP contribution in [0.3, 0.4) is 0 Å². The molecule has 5 nitrogen and oxygen atoms in total. The van der Waals surface area contributed by atoms with Crippen LogP contribution in [0.4, 0.5) is 0 Å². The highest BCUT2D eigenvalue weighted by atomic mass is 16.5. The van der Waals surface area contributed by atoms with E-state index in [1.54, 1.807) is 6.07 Å². The molecule has 0 saturated heterocycles. The van der Waals surface area contributed by atoms with Crippen LogP contribution < -0.4 is 9.47 Å². The van der Waals surface area contributed by atoms with Crippen molar-refractivity contribution in [3.8, 4) is 11.5 Å². The topological polar surface area (TPSA) is 60.7 Å². The first-order valence-corrected chi connectivity index (χ1v) is 9.50. The molecule has 0 fully saturated rings. The first kappa shape index (κ1) is 19.8. The first-order valence-electron chi connectivity index (χ1n) is 9.50. The average molecular weight is 381 g/mol. The van der Waals surface area contributed by atoms with Crippen molar-refractivity contribution in [2.75, 3.05) is 13.2 Å². The summed E-state index contributed by atoms with van der Waals surface area (Å²) in [6, 6.07) is 15.9. The standard InChI is InChI=1S/C23H27NO4/c1-23(2,3)18-6-9-19(10-7-18)27-14-4-12-24-13-11-17-5-8-20(15-21(17)24)28-16-22(25)26/h5-11,13,15H,4,12,14,16H2,1-3H3,(H,25,26). The molecule has 0 bridgehead atoms. The molecule has 1 heterocycles. The van der Waals surface area contributed by atoms with E-state index in [4.69, 9.17) is 14.6 Å². The summed E-state index contributed by atoms with van der Waals surface area (Å²) in [4.78, 5) is 10.7. The lowest BCUT2D eigenvalue weighted by Crippen LogP contribution is -2.10. The summed E-state index contributed by atoms with van der Waals surface area (Å²) in [5, 5.41) is 9.85. The third-order valence-electron chi connectivity index (χ3n) is 4.64. The van der Waals surface area contributed by atoms with Gasteiger partial charge >= 0.3 is 5.97 Å². The Balaban J connectivity index is 1.55. The molecular weight excluding hydrogens is 354 g/mol. The van der Waals surface area contributed by atoms with Gasteiger partial charge in [0.05, 0.1) is 12.1 Å². The maximum absolute atomic E-state index is 10.7. The van der Waals surface area contributed by atoms with Crippen LogP contribution in [0, 0.1) is 0 Å². The molecule has 0 aliphatic heterocycles. The number of carboxylic acid groups (broad SMARTS) is 1. The smallest absolute Gasteiger partial charge is 0.341 e. The van der Waals surface area contributed by atoms with Crippen LogP contribution in [0.2, 0.25) is 0 Å². The predicted molar refractivity (Wildman–Crippen MR) is 110 cm³/mol. The van der Waals surface area contributed by atoms with Crippen LogP contribution in [-0.2, 0) is 16.8 Å². The highest BCUT2D eigenvalue weighted by Crippen LogP contribution is 2.25. The molecule has 0 unspecified atom stereocenters. The summed E-state index contributed by atoms with van der Waals surface area (Å²) in [5.74, 6) is 0.461. The van der Waals surface area contributed by atoms with Gasteiger partial charge in [-0.2, -0.15) is 0 Å². The Kier molecular flexibility index (Phi) is 5.93. The van der Waals surface area contributed by atoms with Crippen LogP contribution in [0.25, 0.3) is 10.9 Å². The van der Waals surface area contributed by atoms with E-state index >= 15 is 0 Å². The number of fused-ring (bicyclic) bond motifs is 1. The lowest BCUT2D eigenvalue weighted by molar-refractivity contribution is -0.139. The van der Waals surface area contributed by atoms with E-state index in [0.717, 1.165) is 29.6 Å². The minimum atomic E-state index is -0.983. The van der Waals surface area contributed by atoms with Crippen LogP contribution in [0.15, 0.2) is 54.7 Å². The lowest BCUT2D eigenvalue weighted by Gasteiger charge is -2.19. The van der Waals surface area contributed by atoms with Gasteiger partial charge in [-0.15, -0.1) is 0 Å². The van der Waals surface area contributed by atoms with Crippen LogP contribution in [-0.4, -0.2) is 28.9 Å². The number of carboxylic acids is 1. The summed E-state index contributed by atoms with van der Waals surface area (Å²) in [7, 11) is 0. The van der Waals surface area contributed by atoms with Gasteiger partial charge in [0.2, 0.25) is 0 Å². The van der Waals surface area contributed by atoms with E-state index in [9.17, 15) is 4.79 Å². The first-order chi connectivity index (χ1) is 13.3. The summed E-state index contributed by atoms with van der Waals surface area (Å²) in [6.45, 7) is 7.69. The molecule has 1 aromatic heterocycles. The number of benzene rings is 2. The Hall–Kier alpha value is -2.95. The number of aromatic nitrogens is 1. The third-order valence-corrected chi connectivity index (χ3v) is 4.64. The van der Waals surface area contributed by atoms with Crippen molar-refractivity contribution < 1.29 is 19.4 Å². The van der Waals surface area contributed by atoms with E-state index in [1.165, 1.54) is 5.56 Å². The van der Waals surface area contributed by atoms with Gasteiger partial charge in [0, 0.05) is 18.8 Å². The molecule has 0 radical (unpaired) electrons. The van der Waals surface area contributed by atoms with Crippen molar-refractivity contribution in [1.82, 2.24) is 4.57 Å². The Bertz CT molecular complexity index is 935. The molecule has 0 spiro atoms. The largest absolute Gasteiger partial charge is 0.494 e. The van der Waals surface area contributed by atoms with Crippen molar-refractivity contribution in [2.45, 2.75) is 39.2 Å². The fourth-order valence-corrected chi connectivity index (χ4v) is 3.07. The number of hydrogen-bond donors (Lipinski definition) is 1. The van der Waals surface area contributed by atoms with Crippen molar-refractivity contribution in [2.24, 2.45) is 0 Å². The highest BCUT2D eigenvalue weighted by Gasteiger charge is 2.13. The maximum Gasteiger partial charge on any atom is 0.341 e. The zero-order valence-electron chi connectivity index (χ0n) is 16.6. The van der Waals surface area contributed by atoms with Gasteiger partial charge in [0.1, 0.15) is 11.5 Å².